The molecule has 4 aromatic rings. The zero-order valence-corrected chi connectivity index (χ0v) is 14.0. The van der Waals surface area contributed by atoms with E-state index >= 15 is 0 Å². The number of carbonyl (C=O) groups is 1. The molecule has 0 saturated carbocycles. The molecule has 0 aromatic carbocycles. The Morgan fingerprint density at radius 1 is 1.08 bits per heavy atom. The van der Waals surface area contributed by atoms with E-state index in [-0.39, 0.29) is 11.3 Å². The highest BCUT2D eigenvalue weighted by atomic mass is 35.5. The van der Waals surface area contributed by atoms with E-state index in [1.165, 1.54) is 33.7 Å². The maximum Gasteiger partial charge on any atom is 0.275 e. The zero-order chi connectivity index (χ0) is 18.1. The molecule has 0 atom stereocenters. The zero-order valence-electron chi connectivity index (χ0n) is 13.2. The smallest absolute Gasteiger partial charge is 0.275 e. The van der Waals surface area contributed by atoms with Crippen LogP contribution in [0.25, 0.3) is 11.3 Å². The molecule has 4 aromatic heterocycles. The van der Waals surface area contributed by atoms with E-state index in [1.54, 1.807) is 36.7 Å². The van der Waals surface area contributed by atoms with Crippen LogP contribution in [0.1, 0.15) is 10.5 Å². The molecule has 4 rings (SSSR count). The van der Waals surface area contributed by atoms with Crippen molar-refractivity contribution >= 4 is 29.0 Å². The van der Waals surface area contributed by atoms with Crippen molar-refractivity contribution in [2.45, 2.75) is 0 Å². The number of hydrogen-bond donors (Lipinski definition) is 1. The van der Waals surface area contributed by atoms with Gasteiger partial charge in [0.05, 0.1) is 16.9 Å². The van der Waals surface area contributed by atoms with Gasteiger partial charge in [0.25, 0.3) is 11.5 Å². The molecular formula is C17H11ClN6O2. The molecule has 0 aliphatic rings. The first kappa shape index (κ1) is 16.0. The number of pyridine rings is 2. The van der Waals surface area contributed by atoms with Crippen LogP contribution < -0.4 is 10.9 Å². The molecule has 26 heavy (non-hydrogen) atoms. The molecule has 0 unspecified atom stereocenters. The number of amides is 1. The molecule has 4 heterocycles. The summed E-state index contributed by atoms with van der Waals surface area (Å²) in [5.74, 6) is -0.115. The van der Waals surface area contributed by atoms with Crippen LogP contribution >= 0.6 is 11.6 Å². The molecule has 1 N–H and O–H groups in total. The lowest BCUT2D eigenvalue weighted by Crippen LogP contribution is -2.24. The van der Waals surface area contributed by atoms with Gasteiger partial charge in [-0.1, -0.05) is 11.6 Å². The summed E-state index contributed by atoms with van der Waals surface area (Å²) in [6, 6.07) is 9.50. The first-order chi connectivity index (χ1) is 12.6. The lowest BCUT2D eigenvalue weighted by Gasteiger charge is -2.10. The third-order valence-corrected chi connectivity index (χ3v) is 3.86. The fourth-order valence-electron chi connectivity index (χ4n) is 2.53. The van der Waals surface area contributed by atoms with Gasteiger partial charge in [0.1, 0.15) is 11.5 Å². The maximum absolute atomic E-state index is 12.8. The number of nitrogens with one attached hydrogen (secondary N) is 1. The van der Waals surface area contributed by atoms with E-state index in [2.05, 4.69) is 20.3 Å². The van der Waals surface area contributed by atoms with Gasteiger partial charge < -0.3 is 5.32 Å². The van der Waals surface area contributed by atoms with E-state index in [0.717, 1.165) is 0 Å². The number of aromatic nitrogens is 5. The minimum atomic E-state index is -0.450. The summed E-state index contributed by atoms with van der Waals surface area (Å²) >= 11 is 5.81. The second-order valence-corrected chi connectivity index (χ2v) is 5.76. The van der Waals surface area contributed by atoms with E-state index < -0.39 is 5.91 Å². The highest BCUT2D eigenvalue weighted by Crippen LogP contribution is 2.16. The molecule has 8 nitrogen and oxygen atoms in total. The number of halogens is 1. The van der Waals surface area contributed by atoms with Crippen molar-refractivity contribution in [1.82, 2.24) is 24.1 Å². The summed E-state index contributed by atoms with van der Waals surface area (Å²) in [5.41, 5.74) is 0.787. The fourth-order valence-corrected chi connectivity index (χ4v) is 2.64. The van der Waals surface area contributed by atoms with Crippen LogP contribution in [0.5, 0.6) is 0 Å². The number of rotatable bonds is 3. The predicted molar refractivity (Wildman–Crippen MR) is 95.8 cm³/mol. The second-order valence-electron chi connectivity index (χ2n) is 5.32. The van der Waals surface area contributed by atoms with Crippen LogP contribution in [0.3, 0.4) is 0 Å². The Morgan fingerprint density at radius 3 is 2.69 bits per heavy atom. The van der Waals surface area contributed by atoms with Gasteiger partial charge in [0.15, 0.2) is 5.65 Å². The van der Waals surface area contributed by atoms with Crippen molar-refractivity contribution in [3.05, 3.63) is 82.3 Å². The SMILES string of the molecule is O=C(Nc1ccc(Cl)cn1)c1cc2nccc(=O)n2n1-c1cccnc1. The molecule has 9 heteroatoms. The van der Waals surface area contributed by atoms with Crippen LogP contribution in [0, 0.1) is 0 Å². The molecule has 1 amide bonds. The molecule has 0 aliphatic carbocycles. The van der Waals surface area contributed by atoms with E-state index in [4.69, 9.17) is 11.6 Å². The Labute approximate surface area is 151 Å². The van der Waals surface area contributed by atoms with Crippen LogP contribution in [0.15, 0.2) is 66.0 Å². The Balaban J connectivity index is 1.86. The highest BCUT2D eigenvalue weighted by molar-refractivity contribution is 6.30. The average Bonchev–Trinajstić information content (AvgIpc) is 3.05. The fraction of sp³-hybridized carbons (Fsp3) is 0. The monoisotopic (exact) mass is 366 g/mol. The van der Waals surface area contributed by atoms with Gasteiger partial charge >= 0.3 is 0 Å². The predicted octanol–water partition coefficient (Wildman–Crippen LogP) is 2.18. The van der Waals surface area contributed by atoms with E-state index in [1.807, 2.05) is 0 Å². The van der Waals surface area contributed by atoms with Crippen molar-refractivity contribution in [2.24, 2.45) is 0 Å². The lowest BCUT2D eigenvalue weighted by molar-refractivity contribution is 0.101. The van der Waals surface area contributed by atoms with Crippen molar-refractivity contribution in [3.63, 3.8) is 0 Å². The molecule has 0 aliphatic heterocycles. The van der Waals surface area contributed by atoms with Gasteiger partial charge in [-0.2, -0.15) is 4.52 Å². The van der Waals surface area contributed by atoms with Crippen molar-refractivity contribution < 1.29 is 4.79 Å². The summed E-state index contributed by atoms with van der Waals surface area (Å²) in [5, 5.41) is 3.14. The topological polar surface area (TPSA) is 94.2 Å². The molecule has 0 radical (unpaired) electrons. The summed E-state index contributed by atoms with van der Waals surface area (Å²) in [7, 11) is 0. The molecule has 128 valence electrons. The first-order valence-electron chi connectivity index (χ1n) is 7.56. The van der Waals surface area contributed by atoms with Gasteiger partial charge in [0, 0.05) is 30.7 Å². The quantitative estimate of drug-likeness (QED) is 0.599. The Kier molecular flexibility index (Phi) is 3.94. The van der Waals surface area contributed by atoms with Crippen LogP contribution in [0.4, 0.5) is 5.82 Å². The third kappa shape index (κ3) is 2.82. The van der Waals surface area contributed by atoms with Gasteiger partial charge in [0.2, 0.25) is 0 Å². The summed E-state index contributed by atoms with van der Waals surface area (Å²) in [6.07, 6.45) is 5.98. The van der Waals surface area contributed by atoms with Crippen molar-refractivity contribution in [2.75, 3.05) is 5.32 Å². The first-order valence-corrected chi connectivity index (χ1v) is 7.94. The van der Waals surface area contributed by atoms with Crippen LogP contribution in [-0.2, 0) is 0 Å². The van der Waals surface area contributed by atoms with Crippen molar-refractivity contribution in [1.29, 1.82) is 0 Å². The summed E-state index contributed by atoms with van der Waals surface area (Å²) in [6.45, 7) is 0. The molecule has 0 spiro atoms. The Bertz CT molecular complexity index is 1150. The van der Waals surface area contributed by atoms with Gasteiger partial charge in [-0.05, 0) is 24.3 Å². The van der Waals surface area contributed by atoms with Gasteiger partial charge in [-0.15, -0.1) is 0 Å². The highest BCUT2D eigenvalue weighted by Gasteiger charge is 2.19. The average molecular weight is 367 g/mol. The van der Waals surface area contributed by atoms with E-state index in [9.17, 15) is 9.59 Å². The number of carbonyl (C=O) groups excluding carboxylic acids is 1. The normalized spacial score (nSPS) is 10.8. The van der Waals surface area contributed by atoms with Crippen molar-refractivity contribution in [3.8, 4) is 5.69 Å². The van der Waals surface area contributed by atoms with E-state index in [0.29, 0.717) is 22.2 Å². The van der Waals surface area contributed by atoms with Gasteiger partial charge in [-0.3, -0.25) is 14.6 Å². The maximum atomic E-state index is 12.8. The number of anilines is 1. The summed E-state index contributed by atoms with van der Waals surface area (Å²) in [4.78, 5) is 37.4. The lowest BCUT2D eigenvalue weighted by atomic mass is 10.3. The Hall–Kier alpha value is -3.52. The Morgan fingerprint density at radius 2 is 1.96 bits per heavy atom. The van der Waals surface area contributed by atoms with Crippen LogP contribution in [0.2, 0.25) is 5.02 Å². The number of nitrogens with zero attached hydrogens (tertiary/aromatic N) is 5. The third-order valence-electron chi connectivity index (χ3n) is 3.64. The van der Waals surface area contributed by atoms with Crippen LogP contribution in [-0.4, -0.2) is 30.1 Å². The van der Waals surface area contributed by atoms with Gasteiger partial charge in [-0.25, -0.2) is 14.6 Å². The summed E-state index contributed by atoms with van der Waals surface area (Å²) < 4.78 is 2.77. The largest absolute Gasteiger partial charge is 0.305 e. The minimum Gasteiger partial charge on any atom is -0.305 e. The molecule has 0 bridgehead atoms. The molecule has 0 saturated heterocycles. The molecule has 0 fully saturated rings. The number of fused-ring (bicyclic) bond motifs is 1. The molecular weight excluding hydrogens is 356 g/mol. The standard InChI is InChI=1S/C17H11ClN6O2/c18-11-3-4-14(21-9-11)22-17(26)13-8-15-20-7-5-16(25)24(15)23(13)12-2-1-6-19-10-12/h1-10H,(H,21,22,26). The second kappa shape index (κ2) is 6.41. The minimum absolute atomic E-state index is 0.213. The number of hydrogen-bond acceptors (Lipinski definition) is 5.